The first kappa shape index (κ1) is 18.3. The summed E-state index contributed by atoms with van der Waals surface area (Å²) in [6.07, 6.45) is 1.10. The molecule has 1 saturated heterocycles. The monoisotopic (exact) mass is 421 g/mol. The number of nitrogens with zero attached hydrogens (tertiary/aromatic N) is 2. The molecule has 3 rings (SSSR count). The standard InChI is InChI=1S/C18H17BrFN3O3/c19-13-5-6-15(14(20)11-13)21-18(24)12-7-9-22(10-8-12)16-3-1-2-4-17(16)23(25)26/h1-6,11-12H,7-10H2,(H,21,24). The van der Waals surface area contributed by atoms with Gasteiger partial charge in [-0.3, -0.25) is 14.9 Å². The Morgan fingerprint density at radius 1 is 1.23 bits per heavy atom. The van der Waals surface area contributed by atoms with Crippen molar-refractivity contribution < 1.29 is 14.1 Å². The zero-order valence-electron chi connectivity index (χ0n) is 13.8. The molecule has 0 spiro atoms. The Balaban J connectivity index is 1.63. The van der Waals surface area contributed by atoms with E-state index >= 15 is 0 Å². The van der Waals surface area contributed by atoms with Crippen LogP contribution in [0.15, 0.2) is 46.9 Å². The number of para-hydroxylation sites is 2. The minimum atomic E-state index is -0.495. The molecule has 0 radical (unpaired) electrons. The molecule has 0 atom stereocenters. The lowest BCUT2D eigenvalue weighted by atomic mass is 9.95. The Hall–Kier alpha value is -2.48. The summed E-state index contributed by atoms with van der Waals surface area (Å²) in [4.78, 5) is 25.1. The highest BCUT2D eigenvalue weighted by Crippen LogP contribution is 2.31. The second-order valence-electron chi connectivity index (χ2n) is 6.12. The van der Waals surface area contributed by atoms with Crippen LogP contribution in [0.4, 0.5) is 21.5 Å². The number of nitrogens with one attached hydrogen (secondary N) is 1. The van der Waals surface area contributed by atoms with Crippen molar-refractivity contribution in [3.05, 3.63) is 62.9 Å². The summed E-state index contributed by atoms with van der Waals surface area (Å²) < 4.78 is 14.5. The van der Waals surface area contributed by atoms with Gasteiger partial charge in [0.1, 0.15) is 11.5 Å². The smallest absolute Gasteiger partial charge is 0.292 e. The van der Waals surface area contributed by atoms with Gasteiger partial charge in [0.15, 0.2) is 0 Å². The van der Waals surface area contributed by atoms with Gasteiger partial charge < -0.3 is 10.2 Å². The Bertz CT molecular complexity index is 838. The van der Waals surface area contributed by atoms with Crippen LogP contribution >= 0.6 is 15.9 Å². The summed E-state index contributed by atoms with van der Waals surface area (Å²) in [6.45, 7) is 1.07. The highest BCUT2D eigenvalue weighted by atomic mass is 79.9. The number of halogens is 2. The fourth-order valence-corrected chi connectivity index (χ4v) is 3.43. The predicted octanol–water partition coefficient (Wildman–Crippen LogP) is 4.35. The van der Waals surface area contributed by atoms with Crippen molar-refractivity contribution in [2.75, 3.05) is 23.3 Å². The zero-order chi connectivity index (χ0) is 18.7. The Labute approximate surface area is 158 Å². The molecular weight excluding hydrogens is 405 g/mol. The van der Waals surface area contributed by atoms with Crippen LogP contribution in [0.5, 0.6) is 0 Å². The molecule has 8 heteroatoms. The van der Waals surface area contributed by atoms with Crippen LogP contribution in [0.3, 0.4) is 0 Å². The first-order valence-electron chi connectivity index (χ1n) is 8.20. The van der Waals surface area contributed by atoms with E-state index in [-0.39, 0.29) is 23.2 Å². The minimum Gasteiger partial charge on any atom is -0.366 e. The number of hydrogen-bond acceptors (Lipinski definition) is 4. The highest BCUT2D eigenvalue weighted by Gasteiger charge is 2.28. The molecule has 1 N–H and O–H groups in total. The van der Waals surface area contributed by atoms with E-state index < -0.39 is 10.7 Å². The number of amides is 1. The molecule has 1 aliphatic heterocycles. The molecule has 1 aliphatic rings. The predicted molar refractivity (Wildman–Crippen MR) is 101 cm³/mol. The van der Waals surface area contributed by atoms with E-state index in [2.05, 4.69) is 21.2 Å². The van der Waals surface area contributed by atoms with Crippen LogP contribution in [0.1, 0.15) is 12.8 Å². The summed E-state index contributed by atoms with van der Waals surface area (Å²) >= 11 is 3.18. The molecule has 1 fully saturated rings. The molecule has 1 amide bonds. The van der Waals surface area contributed by atoms with E-state index in [9.17, 15) is 19.3 Å². The van der Waals surface area contributed by atoms with Gasteiger partial charge in [-0.25, -0.2) is 4.39 Å². The number of hydrogen-bond donors (Lipinski definition) is 1. The van der Waals surface area contributed by atoms with Crippen LogP contribution < -0.4 is 10.2 Å². The topological polar surface area (TPSA) is 75.5 Å². The van der Waals surface area contributed by atoms with E-state index in [4.69, 9.17) is 0 Å². The van der Waals surface area contributed by atoms with Gasteiger partial charge in [0, 0.05) is 29.5 Å². The molecule has 6 nitrogen and oxygen atoms in total. The van der Waals surface area contributed by atoms with Crippen LogP contribution in [0.2, 0.25) is 0 Å². The largest absolute Gasteiger partial charge is 0.366 e. The molecule has 0 bridgehead atoms. The van der Waals surface area contributed by atoms with Gasteiger partial charge in [-0.05, 0) is 37.1 Å². The molecular formula is C18H17BrFN3O3. The number of benzene rings is 2. The summed E-state index contributed by atoms with van der Waals surface area (Å²) in [7, 11) is 0. The van der Waals surface area contributed by atoms with Crippen LogP contribution in [0, 0.1) is 21.8 Å². The Morgan fingerprint density at radius 3 is 2.58 bits per heavy atom. The van der Waals surface area contributed by atoms with Gasteiger partial charge in [-0.15, -0.1) is 0 Å². The van der Waals surface area contributed by atoms with Crippen molar-refractivity contribution in [2.45, 2.75) is 12.8 Å². The van der Waals surface area contributed by atoms with Gasteiger partial charge in [-0.1, -0.05) is 28.1 Å². The third kappa shape index (κ3) is 4.01. The maximum atomic E-state index is 13.9. The van der Waals surface area contributed by atoms with E-state index in [1.165, 1.54) is 18.2 Å². The highest BCUT2D eigenvalue weighted by molar-refractivity contribution is 9.10. The number of anilines is 2. The first-order valence-corrected chi connectivity index (χ1v) is 8.99. The third-order valence-electron chi connectivity index (χ3n) is 4.47. The number of nitro groups is 1. The van der Waals surface area contributed by atoms with Crippen LogP contribution in [-0.2, 0) is 4.79 Å². The SMILES string of the molecule is O=C(Nc1ccc(Br)cc1F)C1CCN(c2ccccc2[N+](=O)[O-])CC1. The maximum Gasteiger partial charge on any atom is 0.292 e. The van der Waals surface area contributed by atoms with Crippen molar-refractivity contribution >= 4 is 38.9 Å². The molecule has 1 heterocycles. The second-order valence-corrected chi connectivity index (χ2v) is 7.04. The lowest BCUT2D eigenvalue weighted by molar-refractivity contribution is -0.384. The Kier molecular flexibility index (Phi) is 5.51. The molecule has 0 aliphatic carbocycles. The average molecular weight is 422 g/mol. The summed E-state index contributed by atoms with van der Waals surface area (Å²) in [5.74, 6) is -0.976. The molecule has 0 aromatic heterocycles. The fourth-order valence-electron chi connectivity index (χ4n) is 3.09. The first-order chi connectivity index (χ1) is 12.5. The minimum absolute atomic E-state index is 0.0623. The second kappa shape index (κ2) is 7.82. The van der Waals surface area contributed by atoms with Crippen molar-refractivity contribution in [3.8, 4) is 0 Å². The van der Waals surface area contributed by atoms with E-state index in [1.807, 2.05) is 4.90 Å². The lowest BCUT2D eigenvalue weighted by Gasteiger charge is -2.32. The normalized spacial score (nSPS) is 14.9. The summed E-state index contributed by atoms with van der Waals surface area (Å²) in [5.41, 5.74) is 0.780. The van der Waals surface area contributed by atoms with E-state index in [0.717, 1.165) is 0 Å². The fraction of sp³-hybridized carbons (Fsp3) is 0.278. The summed E-state index contributed by atoms with van der Waals surface area (Å²) in [5, 5.41) is 13.8. The zero-order valence-corrected chi connectivity index (χ0v) is 15.4. The van der Waals surface area contributed by atoms with Gasteiger partial charge in [0.05, 0.1) is 10.6 Å². The van der Waals surface area contributed by atoms with Crippen molar-refractivity contribution in [2.24, 2.45) is 5.92 Å². The number of carbonyl (C=O) groups is 1. The van der Waals surface area contributed by atoms with Crippen LogP contribution in [-0.4, -0.2) is 23.9 Å². The Morgan fingerprint density at radius 2 is 1.92 bits per heavy atom. The van der Waals surface area contributed by atoms with Crippen molar-refractivity contribution in [1.29, 1.82) is 0 Å². The molecule has 2 aromatic rings. The van der Waals surface area contributed by atoms with Gasteiger partial charge in [0.25, 0.3) is 5.69 Å². The molecule has 136 valence electrons. The third-order valence-corrected chi connectivity index (χ3v) is 4.97. The van der Waals surface area contributed by atoms with Gasteiger partial charge in [-0.2, -0.15) is 0 Å². The van der Waals surface area contributed by atoms with E-state index in [1.54, 1.807) is 24.3 Å². The lowest BCUT2D eigenvalue weighted by Crippen LogP contribution is -2.38. The number of carbonyl (C=O) groups excluding carboxylic acids is 1. The molecule has 2 aromatic carbocycles. The van der Waals surface area contributed by atoms with E-state index in [0.29, 0.717) is 36.1 Å². The number of piperidine rings is 1. The quantitative estimate of drug-likeness (QED) is 0.587. The number of nitro benzene ring substituents is 1. The molecule has 0 unspecified atom stereocenters. The average Bonchev–Trinajstić information content (AvgIpc) is 2.64. The van der Waals surface area contributed by atoms with Crippen molar-refractivity contribution in [1.82, 2.24) is 0 Å². The number of rotatable bonds is 4. The molecule has 0 saturated carbocycles. The maximum absolute atomic E-state index is 13.9. The van der Waals surface area contributed by atoms with Crippen molar-refractivity contribution in [3.63, 3.8) is 0 Å². The van der Waals surface area contributed by atoms with Gasteiger partial charge in [0.2, 0.25) is 5.91 Å². The van der Waals surface area contributed by atoms with Gasteiger partial charge >= 0.3 is 0 Å². The van der Waals surface area contributed by atoms with Crippen LogP contribution in [0.25, 0.3) is 0 Å². The summed E-state index contributed by atoms with van der Waals surface area (Å²) in [6, 6.07) is 11.1. The molecule has 26 heavy (non-hydrogen) atoms.